The lowest BCUT2D eigenvalue weighted by Gasteiger charge is -2.25. The average Bonchev–Trinajstić information content (AvgIpc) is 2.51. The second-order valence-corrected chi connectivity index (χ2v) is 6.10. The number of hydrogen-bond acceptors (Lipinski definition) is 2. The van der Waals surface area contributed by atoms with Crippen LogP contribution < -0.4 is 10.1 Å². The minimum Gasteiger partial charge on any atom is -0.478 e. The minimum atomic E-state index is -1.04. The second kappa shape index (κ2) is 7.47. The highest BCUT2D eigenvalue weighted by Gasteiger charge is 2.29. The van der Waals surface area contributed by atoms with Gasteiger partial charge in [0.1, 0.15) is 11.6 Å². The van der Waals surface area contributed by atoms with Crippen LogP contribution in [-0.2, 0) is 11.2 Å². The van der Waals surface area contributed by atoms with Crippen LogP contribution in [0.4, 0.5) is 4.39 Å². The van der Waals surface area contributed by atoms with E-state index < -0.39 is 5.60 Å². The number of halogens is 2. The Morgan fingerprint density at radius 3 is 2.48 bits per heavy atom. The van der Waals surface area contributed by atoms with Crippen molar-refractivity contribution in [2.24, 2.45) is 0 Å². The van der Waals surface area contributed by atoms with E-state index in [1.165, 1.54) is 6.07 Å². The van der Waals surface area contributed by atoms with Gasteiger partial charge in [0.2, 0.25) is 0 Å². The summed E-state index contributed by atoms with van der Waals surface area (Å²) in [6, 6.07) is 13.3. The highest BCUT2D eigenvalue weighted by Crippen LogP contribution is 2.21. The third kappa shape index (κ3) is 4.96. The summed E-state index contributed by atoms with van der Waals surface area (Å²) in [7, 11) is 0. The fourth-order valence-electron chi connectivity index (χ4n) is 2.07. The quantitative estimate of drug-likeness (QED) is 0.866. The van der Waals surface area contributed by atoms with Crippen LogP contribution in [0.2, 0.25) is 5.02 Å². The molecule has 0 spiro atoms. The van der Waals surface area contributed by atoms with Gasteiger partial charge in [-0.1, -0.05) is 29.8 Å². The maximum Gasteiger partial charge on any atom is 0.263 e. The van der Waals surface area contributed by atoms with Gasteiger partial charge in [-0.15, -0.1) is 0 Å². The maximum absolute atomic E-state index is 13.5. The first-order chi connectivity index (χ1) is 10.9. The number of hydrogen-bond donors (Lipinski definition) is 1. The van der Waals surface area contributed by atoms with Gasteiger partial charge in [-0.2, -0.15) is 0 Å². The second-order valence-electron chi connectivity index (χ2n) is 5.66. The van der Waals surface area contributed by atoms with Crippen LogP contribution in [-0.4, -0.2) is 18.1 Å². The van der Waals surface area contributed by atoms with E-state index in [0.717, 1.165) is 0 Å². The number of ether oxygens (including phenoxy) is 1. The van der Waals surface area contributed by atoms with Crippen LogP contribution in [0.15, 0.2) is 48.5 Å². The van der Waals surface area contributed by atoms with Gasteiger partial charge in [0.05, 0.1) is 0 Å². The molecule has 0 heterocycles. The van der Waals surface area contributed by atoms with Crippen molar-refractivity contribution in [1.29, 1.82) is 0 Å². The molecular weight excluding hydrogens is 317 g/mol. The minimum absolute atomic E-state index is 0.260. The van der Waals surface area contributed by atoms with Crippen molar-refractivity contribution in [2.75, 3.05) is 6.54 Å². The van der Waals surface area contributed by atoms with Crippen LogP contribution in [0.25, 0.3) is 0 Å². The van der Waals surface area contributed by atoms with Crippen LogP contribution in [0.1, 0.15) is 19.4 Å². The molecule has 0 saturated carbocycles. The first-order valence-corrected chi connectivity index (χ1v) is 7.72. The molecule has 0 bridgehead atoms. The number of carbonyl (C=O) groups excluding carboxylic acids is 1. The Morgan fingerprint density at radius 2 is 1.83 bits per heavy atom. The molecule has 0 aliphatic rings. The molecule has 0 saturated heterocycles. The molecule has 0 aliphatic carbocycles. The predicted octanol–water partition coefficient (Wildman–Crippen LogP) is 4.00. The van der Waals surface area contributed by atoms with Crippen LogP contribution in [0.3, 0.4) is 0 Å². The number of rotatable bonds is 6. The Labute approximate surface area is 140 Å². The topological polar surface area (TPSA) is 38.3 Å². The highest BCUT2D eigenvalue weighted by atomic mass is 35.5. The molecule has 3 nitrogen and oxygen atoms in total. The molecule has 122 valence electrons. The number of benzene rings is 2. The lowest BCUT2D eigenvalue weighted by atomic mass is 10.1. The van der Waals surface area contributed by atoms with Gasteiger partial charge in [0.25, 0.3) is 5.91 Å². The molecule has 1 N–H and O–H groups in total. The third-order valence-corrected chi connectivity index (χ3v) is 3.62. The smallest absolute Gasteiger partial charge is 0.263 e. The summed E-state index contributed by atoms with van der Waals surface area (Å²) < 4.78 is 19.2. The number of carbonyl (C=O) groups is 1. The zero-order valence-electron chi connectivity index (χ0n) is 13.1. The van der Waals surface area contributed by atoms with Crippen LogP contribution >= 0.6 is 11.6 Å². The molecule has 2 aromatic rings. The SMILES string of the molecule is CC(C)(Oc1ccc(Cl)cc1)C(=O)NCCc1ccccc1F. The van der Waals surface area contributed by atoms with E-state index in [0.29, 0.717) is 29.3 Å². The molecule has 2 rings (SSSR count). The van der Waals surface area contributed by atoms with Gasteiger partial charge >= 0.3 is 0 Å². The van der Waals surface area contributed by atoms with Crippen molar-refractivity contribution < 1.29 is 13.9 Å². The summed E-state index contributed by atoms with van der Waals surface area (Å²) in [5.41, 5.74) is -0.465. The van der Waals surface area contributed by atoms with E-state index in [1.807, 2.05) is 0 Å². The fourth-order valence-corrected chi connectivity index (χ4v) is 2.19. The van der Waals surface area contributed by atoms with E-state index >= 15 is 0 Å². The van der Waals surface area contributed by atoms with Crippen molar-refractivity contribution in [3.8, 4) is 5.75 Å². The molecule has 0 atom stereocenters. The standard InChI is InChI=1S/C18H19ClFNO2/c1-18(2,23-15-9-7-14(19)8-10-15)17(22)21-12-11-13-5-3-4-6-16(13)20/h3-10H,11-12H2,1-2H3,(H,21,22). The molecule has 0 radical (unpaired) electrons. The van der Waals surface area contributed by atoms with Gasteiger partial charge < -0.3 is 10.1 Å². The molecular formula is C18H19ClFNO2. The molecule has 0 aliphatic heterocycles. The van der Waals surface area contributed by atoms with Gasteiger partial charge in [0.15, 0.2) is 5.60 Å². The molecule has 2 aromatic carbocycles. The molecule has 5 heteroatoms. The molecule has 23 heavy (non-hydrogen) atoms. The van der Waals surface area contributed by atoms with Crippen molar-refractivity contribution in [1.82, 2.24) is 5.32 Å². The zero-order chi connectivity index (χ0) is 16.9. The van der Waals surface area contributed by atoms with Crippen LogP contribution in [0.5, 0.6) is 5.75 Å². The van der Waals surface area contributed by atoms with Crippen molar-refractivity contribution in [3.63, 3.8) is 0 Å². The van der Waals surface area contributed by atoms with Gasteiger partial charge in [-0.05, 0) is 56.2 Å². The van der Waals surface area contributed by atoms with Gasteiger partial charge in [-0.3, -0.25) is 4.79 Å². The first kappa shape index (κ1) is 17.3. The van der Waals surface area contributed by atoms with Gasteiger partial charge in [-0.25, -0.2) is 4.39 Å². The summed E-state index contributed by atoms with van der Waals surface area (Å²) in [5, 5.41) is 3.37. The monoisotopic (exact) mass is 335 g/mol. The maximum atomic E-state index is 13.5. The van der Waals surface area contributed by atoms with Crippen molar-refractivity contribution in [3.05, 3.63) is 64.9 Å². The number of amides is 1. The molecule has 0 aromatic heterocycles. The fraction of sp³-hybridized carbons (Fsp3) is 0.278. The first-order valence-electron chi connectivity index (χ1n) is 7.35. The predicted molar refractivity (Wildman–Crippen MR) is 89.3 cm³/mol. The summed E-state index contributed by atoms with van der Waals surface area (Å²) in [5.74, 6) is 0.0332. The number of nitrogens with one attached hydrogen (secondary N) is 1. The van der Waals surface area contributed by atoms with Crippen molar-refractivity contribution in [2.45, 2.75) is 25.9 Å². The van der Waals surface area contributed by atoms with E-state index in [1.54, 1.807) is 56.3 Å². The largest absolute Gasteiger partial charge is 0.478 e. The third-order valence-electron chi connectivity index (χ3n) is 3.37. The molecule has 0 unspecified atom stereocenters. The molecule has 1 amide bonds. The van der Waals surface area contributed by atoms with E-state index in [9.17, 15) is 9.18 Å². The summed E-state index contributed by atoms with van der Waals surface area (Å²) in [4.78, 5) is 12.3. The van der Waals surface area contributed by atoms with Crippen LogP contribution in [0, 0.1) is 5.82 Å². The summed E-state index contributed by atoms with van der Waals surface area (Å²) in [6.45, 7) is 3.70. The lowest BCUT2D eigenvalue weighted by Crippen LogP contribution is -2.47. The van der Waals surface area contributed by atoms with E-state index in [2.05, 4.69) is 5.32 Å². The van der Waals surface area contributed by atoms with E-state index in [-0.39, 0.29) is 11.7 Å². The lowest BCUT2D eigenvalue weighted by molar-refractivity contribution is -0.134. The average molecular weight is 336 g/mol. The summed E-state index contributed by atoms with van der Waals surface area (Å²) >= 11 is 5.82. The highest BCUT2D eigenvalue weighted by molar-refractivity contribution is 6.30. The Hall–Kier alpha value is -2.07. The summed E-state index contributed by atoms with van der Waals surface area (Å²) in [6.07, 6.45) is 0.426. The Kier molecular flexibility index (Phi) is 5.61. The Balaban J connectivity index is 1.88. The van der Waals surface area contributed by atoms with E-state index in [4.69, 9.17) is 16.3 Å². The Bertz CT molecular complexity index is 671. The zero-order valence-corrected chi connectivity index (χ0v) is 13.9. The normalized spacial score (nSPS) is 11.1. The van der Waals surface area contributed by atoms with Gasteiger partial charge in [0, 0.05) is 11.6 Å². The molecule has 0 fully saturated rings. The Morgan fingerprint density at radius 1 is 1.17 bits per heavy atom. The van der Waals surface area contributed by atoms with Crippen molar-refractivity contribution >= 4 is 17.5 Å².